The van der Waals surface area contributed by atoms with Gasteiger partial charge in [0.2, 0.25) is 15.9 Å². The molecule has 0 unspecified atom stereocenters. The van der Waals surface area contributed by atoms with E-state index in [0.717, 1.165) is 6.26 Å². The number of sulfonamides is 1. The van der Waals surface area contributed by atoms with Crippen LogP contribution in [0, 0.1) is 0 Å². The number of para-hydroxylation sites is 1. The number of amides is 1. The summed E-state index contributed by atoms with van der Waals surface area (Å²) in [6.45, 7) is 2.60. The summed E-state index contributed by atoms with van der Waals surface area (Å²) in [6.07, 6.45) is 1.20. The van der Waals surface area contributed by atoms with Crippen LogP contribution in [0.15, 0.2) is 48.5 Å². The summed E-state index contributed by atoms with van der Waals surface area (Å²) < 4.78 is 30.6. The molecule has 7 nitrogen and oxygen atoms in total. The van der Waals surface area contributed by atoms with Crippen LogP contribution in [-0.4, -0.2) is 33.0 Å². The molecule has 0 aliphatic rings. The van der Waals surface area contributed by atoms with Gasteiger partial charge < -0.3 is 10.1 Å². The van der Waals surface area contributed by atoms with Crippen molar-refractivity contribution in [2.45, 2.75) is 26.3 Å². The summed E-state index contributed by atoms with van der Waals surface area (Å²) in [5.74, 6) is 0.281. The smallest absolute Gasteiger partial charge is 0.229 e. The third kappa shape index (κ3) is 7.03. The lowest BCUT2D eigenvalue weighted by Gasteiger charge is -2.11. The molecule has 150 valence electrons. The molecule has 0 fully saturated rings. The molecule has 2 rings (SSSR count). The number of anilines is 1. The summed E-state index contributed by atoms with van der Waals surface area (Å²) >= 11 is 0. The lowest BCUT2D eigenvalue weighted by Crippen LogP contribution is -2.24. The fraction of sp³-hybridized carbons (Fsp3) is 0.300. The second-order valence-corrected chi connectivity index (χ2v) is 7.94. The van der Waals surface area contributed by atoms with Crippen LogP contribution in [0.3, 0.4) is 0 Å². The Kier molecular flexibility index (Phi) is 7.57. The molecule has 0 aliphatic heterocycles. The second-order valence-electron chi connectivity index (χ2n) is 6.19. The van der Waals surface area contributed by atoms with Crippen LogP contribution < -0.4 is 14.8 Å². The third-order valence-corrected chi connectivity index (χ3v) is 4.45. The van der Waals surface area contributed by atoms with Gasteiger partial charge in [-0.05, 0) is 42.8 Å². The molecule has 2 aromatic rings. The second kappa shape index (κ2) is 9.89. The molecule has 2 N–H and O–H groups in total. The minimum Gasteiger partial charge on any atom is -0.494 e. The Morgan fingerprint density at radius 2 is 1.68 bits per heavy atom. The van der Waals surface area contributed by atoms with E-state index < -0.39 is 10.0 Å². The topological polar surface area (TPSA) is 102 Å². The number of ketones is 1. The van der Waals surface area contributed by atoms with Crippen LogP contribution in [0.25, 0.3) is 0 Å². The molecule has 0 radical (unpaired) electrons. The van der Waals surface area contributed by atoms with Gasteiger partial charge in [-0.1, -0.05) is 18.2 Å². The number of Topliss-reactive ketones (excluding diaryl/α,β-unsaturated/α-hetero) is 1. The van der Waals surface area contributed by atoms with Crippen molar-refractivity contribution in [3.05, 3.63) is 59.7 Å². The highest BCUT2D eigenvalue weighted by molar-refractivity contribution is 7.92. The minimum atomic E-state index is -3.41. The first-order chi connectivity index (χ1) is 13.3. The Morgan fingerprint density at radius 1 is 1.00 bits per heavy atom. The fourth-order valence-corrected chi connectivity index (χ4v) is 3.13. The number of hydrogen-bond acceptors (Lipinski definition) is 5. The molecule has 0 saturated carbocycles. The first kappa shape index (κ1) is 21.4. The first-order valence-electron chi connectivity index (χ1n) is 8.87. The summed E-state index contributed by atoms with van der Waals surface area (Å²) in [5.41, 5.74) is 1.58. The van der Waals surface area contributed by atoms with Gasteiger partial charge in [0.05, 0.1) is 18.6 Å². The van der Waals surface area contributed by atoms with E-state index in [1.54, 1.807) is 48.5 Å². The van der Waals surface area contributed by atoms with Crippen molar-refractivity contribution in [3.8, 4) is 5.75 Å². The maximum Gasteiger partial charge on any atom is 0.229 e. The molecule has 0 heterocycles. The van der Waals surface area contributed by atoms with Crippen molar-refractivity contribution < 1.29 is 22.7 Å². The highest BCUT2D eigenvalue weighted by Crippen LogP contribution is 2.16. The van der Waals surface area contributed by atoms with Crippen molar-refractivity contribution >= 4 is 27.4 Å². The Balaban J connectivity index is 1.85. The van der Waals surface area contributed by atoms with E-state index in [1.807, 2.05) is 6.92 Å². The van der Waals surface area contributed by atoms with Crippen LogP contribution in [0.1, 0.15) is 35.7 Å². The van der Waals surface area contributed by atoms with E-state index in [9.17, 15) is 18.0 Å². The van der Waals surface area contributed by atoms with Crippen LogP contribution in [-0.2, 0) is 21.4 Å². The van der Waals surface area contributed by atoms with E-state index in [4.69, 9.17) is 4.74 Å². The highest BCUT2D eigenvalue weighted by atomic mass is 32.2. The number of benzene rings is 2. The lowest BCUT2D eigenvalue weighted by atomic mass is 10.1. The van der Waals surface area contributed by atoms with E-state index in [-0.39, 0.29) is 31.1 Å². The van der Waals surface area contributed by atoms with Crippen molar-refractivity contribution in [1.82, 2.24) is 5.32 Å². The van der Waals surface area contributed by atoms with Gasteiger partial charge in [0.1, 0.15) is 5.75 Å². The molecular formula is C20H24N2O5S. The van der Waals surface area contributed by atoms with E-state index in [2.05, 4.69) is 10.0 Å². The van der Waals surface area contributed by atoms with Crippen LogP contribution in [0.5, 0.6) is 5.75 Å². The summed E-state index contributed by atoms with van der Waals surface area (Å²) in [4.78, 5) is 24.3. The summed E-state index contributed by atoms with van der Waals surface area (Å²) in [7, 11) is -3.41. The Morgan fingerprint density at radius 3 is 2.32 bits per heavy atom. The molecule has 8 heteroatoms. The van der Waals surface area contributed by atoms with Gasteiger partial charge in [0.15, 0.2) is 5.78 Å². The Bertz CT molecular complexity index is 924. The molecule has 0 spiro atoms. The van der Waals surface area contributed by atoms with Crippen LogP contribution >= 0.6 is 0 Å². The summed E-state index contributed by atoms with van der Waals surface area (Å²) in [6, 6.07) is 13.6. The number of rotatable bonds is 10. The zero-order chi connectivity index (χ0) is 20.6. The maximum atomic E-state index is 12.2. The zero-order valence-corrected chi connectivity index (χ0v) is 16.7. The number of hydrogen-bond donors (Lipinski definition) is 2. The largest absolute Gasteiger partial charge is 0.494 e. The monoisotopic (exact) mass is 404 g/mol. The average molecular weight is 404 g/mol. The van der Waals surface area contributed by atoms with E-state index in [0.29, 0.717) is 29.2 Å². The SMILES string of the molecule is CCOc1ccc(C(=O)CCC(=O)NCc2ccccc2NS(C)(=O)=O)cc1. The van der Waals surface area contributed by atoms with Crippen molar-refractivity contribution in [3.63, 3.8) is 0 Å². The molecule has 0 aliphatic carbocycles. The minimum absolute atomic E-state index is 0.0493. The summed E-state index contributed by atoms with van der Waals surface area (Å²) in [5, 5.41) is 2.71. The van der Waals surface area contributed by atoms with Gasteiger partial charge in [-0.25, -0.2) is 8.42 Å². The van der Waals surface area contributed by atoms with Crippen molar-refractivity contribution in [2.75, 3.05) is 17.6 Å². The molecular weight excluding hydrogens is 380 g/mol. The predicted octanol–water partition coefficient (Wildman–Crippen LogP) is 2.74. The number of carbonyl (C=O) groups excluding carboxylic acids is 2. The molecule has 0 saturated heterocycles. The van der Waals surface area contributed by atoms with E-state index >= 15 is 0 Å². The van der Waals surface area contributed by atoms with E-state index in [1.165, 1.54) is 0 Å². The van der Waals surface area contributed by atoms with Gasteiger partial charge >= 0.3 is 0 Å². The lowest BCUT2D eigenvalue weighted by molar-refractivity contribution is -0.121. The number of ether oxygens (including phenoxy) is 1. The number of nitrogens with one attached hydrogen (secondary N) is 2. The molecule has 0 aromatic heterocycles. The van der Waals surface area contributed by atoms with Gasteiger partial charge in [-0.15, -0.1) is 0 Å². The van der Waals surface area contributed by atoms with Gasteiger partial charge in [-0.3, -0.25) is 14.3 Å². The Labute approximate surface area is 165 Å². The van der Waals surface area contributed by atoms with Crippen LogP contribution in [0.2, 0.25) is 0 Å². The van der Waals surface area contributed by atoms with Gasteiger partial charge in [0.25, 0.3) is 0 Å². The average Bonchev–Trinajstić information content (AvgIpc) is 2.65. The van der Waals surface area contributed by atoms with Crippen LogP contribution in [0.4, 0.5) is 5.69 Å². The highest BCUT2D eigenvalue weighted by Gasteiger charge is 2.11. The predicted molar refractivity (Wildman–Crippen MR) is 108 cm³/mol. The van der Waals surface area contributed by atoms with Gasteiger partial charge in [-0.2, -0.15) is 0 Å². The standard InChI is InChI=1S/C20H24N2O5S/c1-3-27-17-10-8-15(9-11-17)19(23)12-13-20(24)21-14-16-6-4-5-7-18(16)22-28(2,25)26/h4-11,22H,3,12-14H2,1-2H3,(H,21,24). The molecule has 2 aromatic carbocycles. The maximum absolute atomic E-state index is 12.2. The zero-order valence-electron chi connectivity index (χ0n) is 15.9. The van der Waals surface area contributed by atoms with Crippen molar-refractivity contribution in [2.24, 2.45) is 0 Å². The van der Waals surface area contributed by atoms with Gasteiger partial charge in [0, 0.05) is 24.9 Å². The first-order valence-corrected chi connectivity index (χ1v) is 10.8. The number of carbonyl (C=O) groups is 2. The molecule has 0 bridgehead atoms. The van der Waals surface area contributed by atoms with Crippen molar-refractivity contribution in [1.29, 1.82) is 0 Å². The normalized spacial score (nSPS) is 10.9. The molecule has 1 amide bonds. The third-order valence-electron chi connectivity index (χ3n) is 3.86. The Hall–Kier alpha value is -2.87. The quantitative estimate of drug-likeness (QED) is 0.593. The molecule has 0 atom stereocenters. The molecule has 28 heavy (non-hydrogen) atoms. The fourth-order valence-electron chi connectivity index (χ4n) is 2.53.